The Hall–Kier alpha value is -2.12. The van der Waals surface area contributed by atoms with Crippen LogP contribution in [0.25, 0.3) is 0 Å². The average Bonchev–Trinajstić information content (AvgIpc) is 2.38. The maximum absolute atomic E-state index is 11.6. The first-order valence-corrected chi connectivity index (χ1v) is 5.59. The molecule has 0 aliphatic rings. The predicted octanol–water partition coefficient (Wildman–Crippen LogP) is 0.550. The molecule has 18 heavy (non-hydrogen) atoms. The molecule has 0 aliphatic carbocycles. The third-order valence-corrected chi connectivity index (χ3v) is 2.10. The molecule has 0 spiro atoms. The van der Waals surface area contributed by atoms with Crippen LogP contribution in [0.1, 0.15) is 10.4 Å². The number of nitrogens with one attached hydrogen (secondary N) is 1. The second kappa shape index (κ2) is 7.25. The van der Waals surface area contributed by atoms with Gasteiger partial charge in [-0.2, -0.15) is 0 Å². The zero-order valence-electron chi connectivity index (χ0n) is 10.6. The van der Waals surface area contributed by atoms with Gasteiger partial charge in [0, 0.05) is 5.56 Å². The molecule has 0 radical (unpaired) electrons. The van der Waals surface area contributed by atoms with Crippen molar-refractivity contribution in [1.29, 1.82) is 0 Å². The minimum absolute atomic E-state index is 0.186. The lowest BCUT2D eigenvalue weighted by molar-refractivity contribution is -0.116. The molecular formula is C14H16N2O2. The number of benzene rings is 1. The summed E-state index contributed by atoms with van der Waals surface area (Å²) in [5.74, 6) is 4.49. The third kappa shape index (κ3) is 4.81. The second-order valence-corrected chi connectivity index (χ2v) is 3.97. The summed E-state index contributed by atoms with van der Waals surface area (Å²) in [5, 5.41) is 2.47. The van der Waals surface area contributed by atoms with Gasteiger partial charge in [0.25, 0.3) is 5.91 Å². The van der Waals surface area contributed by atoms with E-state index in [1.807, 2.05) is 19.0 Å². The summed E-state index contributed by atoms with van der Waals surface area (Å²) < 4.78 is 0. The number of nitrogens with zero attached hydrogens (tertiary/aromatic N) is 1. The topological polar surface area (TPSA) is 49.4 Å². The molecule has 1 amide bonds. The Bertz CT molecular complexity index is 470. The summed E-state index contributed by atoms with van der Waals surface area (Å²) in [6.45, 7) is 0.813. The summed E-state index contributed by atoms with van der Waals surface area (Å²) in [5.41, 5.74) is 0.385. The number of carbonyl (C=O) groups is 2. The van der Waals surface area contributed by atoms with Crippen LogP contribution in [0.4, 0.5) is 0 Å². The Kier molecular flexibility index (Phi) is 5.62. The van der Waals surface area contributed by atoms with E-state index in [0.29, 0.717) is 12.1 Å². The van der Waals surface area contributed by atoms with Crippen LogP contribution in [0, 0.1) is 11.8 Å². The van der Waals surface area contributed by atoms with Gasteiger partial charge in [0.05, 0.1) is 13.1 Å². The monoisotopic (exact) mass is 244 g/mol. The summed E-state index contributed by atoms with van der Waals surface area (Å²) in [4.78, 5) is 25.1. The predicted molar refractivity (Wildman–Crippen MR) is 70.1 cm³/mol. The van der Waals surface area contributed by atoms with Crippen LogP contribution in [0.3, 0.4) is 0 Å². The molecule has 1 aromatic rings. The quantitative estimate of drug-likeness (QED) is 0.478. The fourth-order valence-corrected chi connectivity index (χ4v) is 1.20. The average molecular weight is 244 g/mol. The summed E-state index contributed by atoms with van der Waals surface area (Å²) in [7, 11) is 3.82. The molecule has 94 valence electrons. The van der Waals surface area contributed by atoms with E-state index in [-0.39, 0.29) is 6.54 Å². The van der Waals surface area contributed by atoms with Gasteiger partial charge in [-0.3, -0.25) is 14.5 Å². The van der Waals surface area contributed by atoms with Gasteiger partial charge < -0.3 is 5.32 Å². The lowest BCUT2D eigenvalue weighted by atomic mass is 10.1. The summed E-state index contributed by atoms with van der Waals surface area (Å²) in [6, 6.07) is 8.45. The fourth-order valence-electron chi connectivity index (χ4n) is 1.20. The Morgan fingerprint density at radius 2 is 1.83 bits per heavy atom. The highest BCUT2D eigenvalue weighted by atomic mass is 16.2. The third-order valence-electron chi connectivity index (χ3n) is 2.10. The van der Waals surface area contributed by atoms with Gasteiger partial charge in [0.2, 0.25) is 5.78 Å². The molecule has 0 fully saturated rings. The van der Waals surface area contributed by atoms with Gasteiger partial charge in [-0.05, 0) is 14.1 Å². The van der Waals surface area contributed by atoms with E-state index in [0.717, 1.165) is 0 Å². The number of rotatable bonds is 4. The summed E-state index contributed by atoms with van der Waals surface area (Å²) in [6.07, 6.45) is 0. The highest BCUT2D eigenvalue weighted by Crippen LogP contribution is 1.99. The second-order valence-electron chi connectivity index (χ2n) is 3.97. The van der Waals surface area contributed by atoms with Gasteiger partial charge in [-0.1, -0.05) is 42.2 Å². The smallest absolute Gasteiger partial charge is 0.293 e. The first-order chi connectivity index (χ1) is 8.61. The van der Waals surface area contributed by atoms with Crippen LogP contribution in [-0.4, -0.2) is 43.8 Å². The number of Topliss-reactive ketones (excluding diaryl/α,β-unsaturated/α-hetero) is 1. The minimum atomic E-state index is -0.625. The van der Waals surface area contributed by atoms with E-state index >= 15 is 0 Å². The van der Waals surface area contributed by atoms with Gasteiger partial charge in [0.15, 0.2) is 0 Å². The summed E-state index contributed by atoms with van der Waals surface area (Å²) >= 11 is 0. The molecule has 4 heteroatoms. The molecule has 0 unspecified atom stereocenters. The molecule has 0 atom stereocenters. The number of hydrogen-bond acceptors (Lipinski definition) is 3. The van der Waals surface area contributed by atoms with E-state index in [4.69, 9.17) is 0 Å². The van der Waals surface area contributed by atoms with Crippen LogP contribution in [-0.2, 0) is 4.79 Å². The van der Waals surface area contributed by atoms with Crippen molar-refractivity contribution in [3.8, 4) is 11.8 Å². The van der Waals surface area contributed by atoms with Crippen molar-refractivity contribution < 1.29 is 9.59 Å². The zero-order chi connectivity index (χ0) is 13.4. The SMILES string of the molecule is CN(C)CC#CCNC(=O)C(=O)c1ccccc1. The number of hydrogen-bond donors (Lipinski definition) is 1. The van der Waals surface area contributed by atoms with E-state index in [2.05, 4.69) is 17.2 Å². The van der Waals surface area contributed by atoms with Gasteiger partial charge in [-0.15, -0.1) is 0 Å². The van der Waals surface area contributed by atoms with Crippen LogP contribution >= 0.6 is 0 Å². The molecule has 1 rings (SSSR count). The molecule has 0 bridgehead atoms. The Morgan fingerprint density at radius 1 is 1.17 bits per heavy atom. The fraction of sp³-hybridized carbons (Fsp3) is 0.286. The van der Waals surface area contributed by atoms with Crippen LogP contribution < -0.4 is 5.32 Å². The van der Waals surface area contributed by atoms with Crippen molar-refractivity contribution in [2.24, 2.45) is 0 Å². The van der Waals surface area contributed by atoms with Crippen molar-refractivity contribution in [2.75, 3.05) is 27.2 Å². The lowest BCUT2D eigenvalue weighted by Crippen LogP contribution is -2.31. The molecule has 0 aliphatic heterocycles. The lowest BCUT2D eigenvalue weighted by Gasteiger charge is -2.02. The number of ketones is 1. The van der Waals surface area contributed by atoms with E-state index in [1.54, 1.807) is 30.3 Å². The van der Waals surface area contributed by atoms with Crippen molar-refractivity contribution in [1.82, 2.24) is 10.2 Å². The molecule has 0 aromatic heterocycles. The Balaban J connectivity index is 2.42. The Morgan fingerprint density at radius 3 is 2.44 bits per heavy atom. The first-order valence-electron chi connectivity index (χ1n) is 5.59. The largest absolute Gasteiger partial charge is 0.338 e. The normalized spacial score (nSPS) is 9.50. The molecule has 4 nitrogen and oxygen atoms in total. The van der Waals surface area contributed by atoms with Crippen molar-refractivity contribution >= 4 is 11.7 Å². The van der Waals surface area contributed by atoms with E-state index < -0.39 is 11.7 Å². The highest BCUT2D eigenvalue weighted by molar-refractivity contribution is 6.42. The maximum atomic E-state index is 11.6. The van der Waals surface area contributed by atoms with Crippen molar-refractivity contribution in [2.45, 2.75) is 0 Å². The zero-order valence-corrected chi connectivity index (χ0v) is 10.6. The maximum Gasteiger partial charge on any atom is 0.293 e. The molecule has 0 saturated heterocycles. The van der Waals surface area contributed by atoms with E-state index in [1.165, 1.54) is 0 Å². The Labute approximate surface area is 107 Å². The molecular weight excluding hydrogens is 228 g/mol. The highest BCUT2D eigenvalue weighted by Gasteiger charge is 2.14. The first kappa shape index (κ1) is 13.9. The van der Waals surface area contributed by atoms with Gasteiger partial charge in [-0.25, -0.2) is 0 Å². The standard InChI is InChI=1S/C14H16N2O2/c1-16(2)11-7-6-10-15-14(18)13(17)12-8-4-3-5-9-12/h3-5,8-9H,10-11H2,1-2H3,(H,15,18). The molecule has 0 heterocycles. The van der Waals surface area contributed by atoms with E-state index in [9.17, 15) is 9.59 Å². The molecule has 1 aromatic carbocycles. The molecule has 1 N–H and O–H groups in total. The number of carbonyl (C=O) groups excluding carboxylic acids is 2. The number of amides is 1. The van der Waals surface area contributed by atoms with Gasteiger partial charge >= 0.3 is 0 Å². The molecule has 0 saturated carbocycles. The van der Waals surface area contributed by atoms with Gasteiger partial charge in [0.1, 0.15) is 0 Å². The van der Waals surface area contributed by atoms with Crippen LogP contribution in [0.5, 0.6) is 0 Å². The van der Waals surface area contributed by atoms with Crippen molar-refractivity contribution in [3.63, 3.8) is 0 Å². The van der Waals surface area contributed by atoms with Crippen molar-refractivity contribution in [3.05, 3.63) is 35.9 Å². The van der Waals surface area contributed by atoms with Crippen LogP contribution in [0.2, 0.25) is 0 Å². The minimum Gasteiger partial charge on any atom is -0.338 e. The van der Waals surface area contributed by atoms with Crippen LogP contribution in [0.15, 0.2) is 30.3 Å².